The summed E-state index contributed by atoms with van der Waals surface area (Å²) in [6, 6.07) is 10.1. The molecule has 4 rings (SSSR count). The smallest absolute Gasteiger partial charge is 0.345 e. The van der Waals surface area contributed by atoms with Crippen LogP contribution in [0.4, 0.5) is 0 Å². The number of fused-ring (bicyclic) bond motifs is 1. The molecule has 1 aliphatic heterocycles. The highest BCUT2D eigenvalue weighted by Crippen LogP contribution is 2.44. The summed E-state index contributed by atoms with van der Waals surface area (Å²) < 4.78 is 22.0. The second-order valence-electron chi connectivity index (χ2n) is 7.25. The van der Waals surface area contributed by atoms with Crippen LogP contribution in [0.1, 0.15) is 30.0 Å². The van der Waals surface area contributed by atoms with E-state index in [2.05, 4.69) is 4.90 Å². The van der Waals surface area contributed by atoms with Gasteiger partial charge in [-0.1, -0.05) is 12.1 Å². The topological polar surface area (TPSA) is 81.4 Å². The predicted molar refractivity (Wildman–Crippen MR) is 113 cm³/mol. The van der Waals surface area contributed by atoms with Crippen molar-refractivity contribution in [3.05, 3.63) is 57.9 Å². The number of ether oxygens (including phenoxy) is 3. The lowest BCUT2D eigenvalue weighted by Crippen LogP contribution is -2.30. The van der Waals surface area contributed by atoms with Crippen molar-refractivity contribution >= 4 is 11.0 Å². The van der Waals surface area contributed by atoms with E-state index < -0.39 is 11.7 Å². The van der Waals surface area contributed by atoms with Crippen molar-refractivity contribution in [2.75, 3.05) is 34.4 Å². The fourth-order valence-electron chi connectivity index (χ4n) is 4.21. The average molecular weight is 411 g/mol. The maximum absolute atomic E-state index is 13.0. The number of methoxy groups -OCH3 is 3. The molecule has 0 aliphatic carbocycles. The Morgan fingerprint density at radius 1 is 1.00 bits per heavy atom. The van der Waals surface area contributed by atoms with E-state index >= 15 is 0 Å². The highest BCUT2D eigenvalue weighted by atomic mass is 16.5. The number of nitrogens with zero attached hydrogens (tertiary/aromatic N) is 1. The lowest BCUT2D eigenvalue weighted by molar-refractivity contribution is 0.266. The van der Waals surface area contributed by atoms with Crippen LogP contribution in [0, 0.1) is 0 Å². The van der Waals surface area contributed by atoms with Crippen LogP contribution in [0.3, 0.4) is 0 Å². The van der Waals surface area contributed by atoms with Crippen molar-refractivity contribution in [2.45, 2.75) is 18.9 Å². The minimum atomic E-state index is -0.558. The van der Waals surface area contributed by atoms with Crippen LogP contribution in [0.5, 0.6) is 23.0 Å². The number of hydrogen-bond donors (Lipinski definition) is 1. The molecular weight excluding hydrogens is 386 g/mol. The normalized spacial score (nSPS) is 15.3. The Morgan fingerprint density at radius 2 is 1.63 bits per heavy atom. The highest BCUT2D eigenvalue weighted by molar-refractivity contribution is 5.84. The zero-order valence-corrected chi connectivity index (χ0v) is 17.3. The van der Waals surface area contributed by atoms with Crippen molar-refractivity contribution in [1.82, 2.24) is 4.90 Å². The predicted octanol–water partition coefficient (Wildman–Crippen LogP) is 3.71. The number of aromatic hydroxyl groups is 1. The first kappa shape index (κ1) is 20.1. The van der Waals surface area contributed by atoms with Crippen molar-refractivity contribution in [3.63, 3.8) is 0 Å². The minimum Gasteiger partial charge on any atom is -0.507 e. The van der Waals surface area contributed by atoms with Gasteiger partial charge in [-0.05, 0) is 55.8 Å². The molecule has 1 atom stereocenters. The molecule has 7 heteroatoms. The molecule has 0 amide bonds. The summed E-state index contributed by atoms with van der Waals surface area (Å²) in [4.78, 5) is 15.2. The highest BCUT2D eigenvalue weighted by Gasteiger charge is 2.33. The zero-order valence-electron chi connectivity index (χ0n) is 17.3. The quantitative estimate of drug-likeness (QED) is 0.619. The maximum Gasteiger partial charge on any atom is 0.345 e. The fourth-order valence-corrected chi connectivity index (χ4v) is 4.21. The second-order valence-corrected chi connectivity index (χ2v) is 7.25. The third-order valence-electron chi connectivity index (χ3n) is 5.60. The second kappa shape index (κ2) is 8.28. The standard InChI is InChI=1S/C23H25NO6/c1-27-17-12-14(13-18(28-2)22(17)29-3)20(24-10-6-7-11-24)19-21(25)15-8-4-5-9-16(15)30-23(19)26/h4-5,8-9,12-13,20,25H,6-7,10-11H2,1-3H3/t20-/m1/s1. The third kappa shape index (κ3) is 3.35. The zero-order chi connectivity index (χ0) is 21.3. The molecule has 1 aromatic heterocycles. The van der Waals surface area contributed by atoms with Gasteiger partial charge in [0.25, 0.3) is 0 Å². The molecule has 1 N–H and O–H groups in total. The summed E-state index contributed by atoms with van der Waals surface area (Å²) in [5, 5.41) is 11.6. The van der Waals surface area contributed by atoms with E-state index in [-0.39, 0.29) is 11.3 Å². The molecule has 1 aliphatic rings. The van der Waals surface area contributed by atoms with Gasteiger partial charge in [-0.2, -0.15) is 0 Å². The Bertz CT molecular complexity index is 1090. The maximum atomic E-state index is 13.0. The number of likely N-dealkylation sites (tertiary alicyclic amines) is 1. The largest absolute Gasteiger partial charge is 0.507 e. The molecule has 1 fully saturated rings. The Balaban J connectivity index is 1.98. The van der Waals surface area contributed by atoms with Crippen molar-refractivity contribution in [2.24, 2.45) is 0 Å². The molecular formula is C23H25NO6. The van der Waals surface area contributed by atoms with Crippen LogP contribution in [0.2, 0.25) is 0 Å². The number of para-hydroxylation sites is 1. The first-order valence-corrected chi connectivity index (χ1v) is 9.87. The lowest BCUT2D eigenvalue weighted by Gasteiger charge is -2.29. The van der Waals surface area contributed by atoms with Gasteiger partial charge in [-0.3, -0.25) is 4.90 Å². The Kier molecular flexibility index (Phi) is 5.55. The number of hydrogen-bond acceptors (Lipinski definition) is 7. The SMILES string of the molecule is COc1cc([C@H](c2c(O)c3ccccc3oc2=O)N2CCCC2)cc(OC)c1OC. The molecule has 0 spiro atoms. The van der Waals surface area contributed by atoms with E-state index in [0.29, 0.717) is 28.2 Å². The molecule has 0 radical (unpaired) electrons. The van der Waals surface area contributed by atoms with Crippen LogP contribution in [-0.4, -0.2) is 44.4 Å². The summed E-state index contributed by atoms with van der Waals surface area (Å²) in [7, 11) is 4.64. The Hall–Kier alpha value is -3.19. The number of rotatable bonds is 6. The Labute approximate surface area is 174 Å². The van der Waals surface area contributed by atoms with Gasteiger partial charge in [0.2, 0.25) is 5.75 Å². The molecule has 2 heterocycles. The van der Waals surface area contributed by atoms with E-state index in [1.807, 2.05) is 12.1 Å². The monoisotopic (exact) mass is 411 g/mol. The van der Waals surface area contributed by atoms with Gasteiger partial charge >= 0.3 is 5.63 Å². The van der Waals surface area contributed by atoms with Crippen LogP contribution in [0.15, 0.2) is 45.6 Å². The van der Waals surface area contributed by atoms with E-state index in [1.165, 1.54) is 0 Å². The molecule has 30 heavy (non-hydrogen) atoms. The Morgan fingerprint density at radius 3 is 2.23 bits per heavy atom. The summed E-state index contributed by atoms with van der Waals surface area (Å²) in [5.74, 6) is 1.38. The van der Waals surface area contributed by atoms with Gasteiger partial charge in [-0.15, -0.1) is 0 Å². The number of benzene rings is 2. The van der Waals surface area contributed by atoms with E-state index in [9.17, 15) is 9.90 Å². The molecule has 3 aromatic rings. The van der Waals surface area contributed by atoms with E-state index in [1.54, 1.807) is 45.6 Å². The molecule has 158 valence electrons. The van der Waals surface area contributed by atoms with Crippen molar-refractivity contribution in [1.29, 1.82) is 0 Å². The summed E-state index contributed by atoms with van der Waals surface area (Å²) in [5.41, 5.74) is 0.764. The van der Waals surface area contributed by atoms with Gasteiger partial charge in [-0.25, -0.2) is 4.79 Å². The van der Waals surface area contributed by atoms with Crippen molar-refractivity contribution < 1.29 is 23.7 Å². The van der Waals surface area contributed by atoms with Gasteiger partial charge in [0.15, 0.2) is 11.5 Å². The summed E-state index contributed by atoms with van der Waals surface area (Å²) in [6.07, 6.45) is 2.03. The van der Waals surface area contributed by atoms with Crippen LogP contribution >= 0.6 is 0 Å². The fraction of sp³-hybridized carbons (Fsp3) is 0.348. The molecule has 0 bridgehead atoms. The van der Waals surface area contributed by atoms with Gasteiger partial charge in [0.05, 0.1) is 32.8 Å². The minimum absolute atomic E-state index is 0.0625. The first-order valence-electron chi connectivity index (χ1n) is 9.87. The molecule has 1 saturated heterocycles. The van der Waals surface area contributed by atoms with Crippen molar-refractivity contribution in [3.8, 4) is 23.0 Å². The molecule has 0 saturated carbocycles. The molecule has 2 aromatic carbocycles. The molecule has 7 nitrogen and oxygen atoms in total. The summed E-state index contributed by atoms with van der Waals surface area (Å²) in [6.45, 7) is 1.60. The molecule has 0 unspecified atom stereocenters. The average Bonchev–Trinajstić information content (AvgIpc) is 3.29. The lowest BCUT2D eigenvalue weighted by atomic mass is 9.95. The van der Waals surface area contributed by atoms with Crippen LogP contribution in [0.25, 0.3) is 11.0 Å². The van der Waals surface area contributed by atoms with Gasteiger partial charge in [0, 0.05) is 0 Å². The van der Waals surface area contributed by atoms with Crippen LogP contribution in [-0.2, 0) is 0 Å². The summed E-state index contributed by atoms with van der Waals surface area (Å²) >= 11 is 0. The van der Waals surface area contributed by atoms with Crippen LogP contribution < -0.4 is 19.8 Å². The third-order valence-corrected chi connectivity index (χ3v) is 5.60. The van der Waals surface area contributed by atoms with Gasteiger partial charge in [0.1, 0.15) is 16.9 Å². The van der Waals surface area contributed by atoms with E-state index in [4.69, 9.17) is 18.6 Å². The first-order chi connectivity index (χ1) is 14.6. The van der Waals surface area contributed by atoms with Gasteiger partial charge < -0.3 is 23.7 Å². The van der Waals surface area contributed by atoms with E-state index in [0.717, 1.165) is 31.5 Å².